The summed E-state index contributed by atoms with van der Waals surface area (Å²) >= 11 is 5.92. The smallest absolute Gasteiger partial charge is 0.412 e. The van der Waals surface area contributed by atoms with Gasteiger partial charge < -0.3 is 15.0 Å². The normalized spacial score (nSPS) is 10.8. The van der Waals surface area contributed by atoms with Gasteiger partial charge in [0.1, 0.15) is 24.1 Å². The molecule has 0 aliphatic heterocycles. The Morgan fingerprint density at radius 3 is 2.70 bits per heavy atom. The van der Waals surface area contributed by atoms with Crippen LogP contribution in [0.3, 0.4) is 0 Å². The maximum absolute atomic E-state index is 13.6. The van der Waals surface area contributed by atoms with Gasteiger partial charge in [0.15, 0.2) is 0 Å². The number of fused-ring (bicyclic) bond motifs is 1. The van der Waals surface area contributed by atoms with Crippen LogP contribution in [0.2, 0.25) is 5.02 Å². The Bertz CT molecular complexity index is 1160. The van der Waals surface area contributed by atoms with Crippen molar-refractivity contribution in [2.75, 3.05) is 18.5 Å². The van der Waals surface area contributed by atoms with Crippen molar-refractivity contribution in [2.24, 2.45) is 0 Å². The molecule has 0 saturated heterocycles. The molecule has 174 valence electrons. The molecule has 1 aromatic heterocycles. The Kier molecular flexibility index (Phi) is 8.00. The van der Waals surface area contributed by atoms with E-state index in [-0.39, 0.29) is 36.6 Å². The maximum atomic E-state index is 13.6. The van der Waals surface area contributed by atoms with Crippen molar-refractivity contribution < 1.29 is 23.1 Å². The zero-order valence-electron chi connectivity index (χ0n) is 18.1. The summed E-state index contributed by atoms with van der Waals surface area (Å²) in [5, 5.41) is 6.44. The zero-order chi connectivity index (χ0) is 24.0. The van der Waals surface area contributed by atoms with Crippen LogP contribution in [0.5, 0.6) is 0 Å². The first-order chi connectivity index (χ1) is 15.7. The Morgan fingerprint density at radius 1 is 1.15 bits per heavy atom. The first-order valence-electron chi connectivity index (χ1n) is 10.2. The second-order valence-corrected chi connectivity index (χ2v) is 7.86. The summed E-state index contributed by atoms with van der Waals surface area (Å²) in [6.07, 6.45) is 0.758. The molecule has 0 unspecified atom stereocenters. The number of rotatable bonds is 7. The third-order valence-electron chi connectivity index (χ3n) is 4.83. The second-order valence-electron chi connectivity index (χ2n) is 7.48. The van der Waals surface area contributed by atoms with Gasteiger partial charge in [-0.05, 0) is 55.1 Å². The number of ether oxygens (including phenoxy) is 1. The van der Waals surface area contributed by atoms with E-state index in [2.05, 4.69) is 15.6 Å². The Labute approximate surface area is 194 Å². The lowest BCUT2D eigenvalue weighted by molar-refractivity contribution is 0.132. The van der Waals surface area contributed by atoms with Crippen molar-refractivity contribution >= 4 is 40.3 Å². The van der Waals surface area contributed by atoms with Gasteiger partial charge in [-0.2, -0.15) is 0 Å². The molecule has 3 aromatic rings. The van der Waals surface area contributed by atoms with Crippen molar-refractivity contribution in [1.82, 2.24) is 15.2 Å². The van der Waals surface area contributed by atoms with E-state index in [1.54, 1.807) is 12.1 Å². The van der Waals surface area contributed by atoms with Crippen molar-refractivity contribution in [3.63, 3.8) is 0 Å². The number of halogens is 3. The number of carbonyl (C=O) groups is 2. The van der Waals surface area contributed by atoms with Crippen molar-refractivity contribution in [3.8, 4) is 0 Å². The van der Waals surface area contributed by atoms with Crippen molar-refractivity contribution in [1.29, 1.82) is 0 Å². The third kappa shape index (κ3) is 6.52. The lowest BCUT2D eigenvalue weighted by Gasteiger charge is -2.27. The van der Waals surface area contributed by atoms with Crippen LogP contribution in [0, 0.1) is 11.6 Å². The topological polar surface area (TPSA) is 83.6 Å². The Hall–Kier alpha value is -3.46. The molecule has 0 aliphatic rings. The summed E-state index contributed by atoms with van der Waals surface area (Å²) in [6.45, 7) is 3.73. The molecule has 7 nitrogen and oxygen atoms in total. The minimum absolute atomic E-state index is 0.0426. The highest BCUT2D eigenvalue weighted by Crippen LogP contribution is 2.20. The number of hydrogen-bond donors (Lipinski definition) is 2. The zero-order valence-corrected chi connectivity index (χ0v) is 18.8. The number of amides is 3. The van der Waals surface area contributed by atoms with Gasteiger partial charge in [-0.1, -0.05) is 23.7 Å². The molecule has 0 radical (unpaired) electrons. The molecule has 33 heavy (non-hydrogen) atoms. The highest BCUT2D eigenvalue weighted by atomic mass is 35.5. The van der Waals surface area contributed by atoms with Crippen LogP contribution in [0.15, 0.2) is 48.7 Å². The fourth-order valence-electron chi connectivity index (χ4n) is 3.11. The molecule has 0 bridgehead atoms. The monoisotopic (exact) mass is 476 g/mol. The summed E-state index contributed by atoms with van der Waals surface area (Å²) in [5.41, 5.74) is 0.451. The molecular weight excluding hydrogens is 454 g/mol. The van der Waals surface area contributed by atoms with Crippen LogP contribution in [-0.4, -0.2) is 41.2 Å². The number of carbonyl (C=O) groups excluding carboxylic acids is 2. The van der Waals surface area contributed by atoms with E-state index in [0.29, 0.717) is 10.9 Å². The number of aromatic nitrogens is 1. The van der Waals surface area contributed by atoms with Crippen LogP contribution in [0.4, 0.5) is 24.2 Å². The van der Waals surface area contributed by atoms with Crippen LogP contribution in [0.1, 0.15) is 19.4 Å². The van der Waals surface area contributed by atoms with Crippen LogP contribution < -0.4 is 10.6 Å². The van der Waals surface area contributed by atoms with Crippen molar-refractivity contribution in [2.45, 2.75) is 26.4 Å². The number of pyridine rings is 1. The summed E-state index contributed by atoms with van der Waals surface area (Å²) in [5.74, 6) is -0.743. The van der Waals surface area contributed by atoms with Crippen LogP contribution in [0.25, 0.3) is 10.8 Å². The maximum Gasteiger partial charge on any atom is 0.412 e. The number of nitrogens with one attached hydrogen (secondary N) is 2. The second kappa shape index (κ2) is 10.9. The molecule has 10 heteroatoms. The van der Waals surface area contributed by atoms with Gasteiger partial charge in [-0.3, -0.25) is 5.32 Å². The fourth-order valence-corrected chi connectivity index (χ4v) is 3.30. The lowest BCUT2D eigenvalue weighted by atomic mass is 10.2. The lowest BCUT2D eigenvalue weighted by Crippen LogP contribution is -2.45. The molecule has 3 rings (SSSR count). The highest BCUT2D eigenvalue weighted by molar-refractivity contribution is 6.31. The molecule has 0 aliphatic carbocycles. The highest BCUT2D eigenvalue weighted by Gasteiger charge is 2.18. The number of benzene rings is 2. The largest absolute Gasteiger partial charge is 0.447 e. The molecule has 3 amide bonds. The SMILES string of the molecule is CC(C)N(CCOC(=O)Nc1cc2cc(F)ccc2cn1)C(=O)NCc1cccc(F)c1Cl. The molecule has 2 aromatic carbocycles. The average molecular weight is 477 g/mol. The van der Waals surface area contributed by atoms with E-state index in [9.17, 15) is 18.4 Å². The van der Waals surface area contributed by atoms with Gasteiger partial charge in [0, 0.05) is 24.2 Å². The Balaban J connectivity index is 1.50. The summed E-state index contributed by atoms with van der Waals surface area (Å²) in [6, 6.07) is 9.56. The summed E-state index contributed by atoms with van der Waals surface area (Å²) in [4.78, 5) is 30.2. The van der Waals surface area contributed by atoms with E-state index in [1.807, 2.05) is 13.8 Å². The van der Waals surface area contributed by atoms with Crippen molar-refractivity contribution in [3.05, 3.63) is 70.9 Å². The fraction of sp³-hybridized carbons (Fsp3) is 0.261. The number of hydrogen-bond acceptors (Lipinski definition) is 4. The predicted molar refractivity (Wildman–Crippen MR) is 122 cm³/mol. The number of anilines is 1. The minimum Gasteiger partial charge on any atom is -0.447 e. The van der Waals surface area contributed by atoms with Gasteiger partial charge in [0.05, 0.1) is 11.6 Å². The van der Waals surface area contributed by atoms with Gasteiger partial charge >= 0.3 is 12.1 Å². The summed E-state index contributed by atoms with van der Waals surface area (Å²) < 4.78 is 32.1. The minimum atomic E-state index is -0.756. The molecule has 0 saturated carbocycles. The molecule has 2 N–H and O–H groups in total. The standard InChI is InChI=1S/C23H23ClF2N4O3/c1-14(2)30(22(31)28-13-16-4-3-5-19(26)21(16)24)8-9-33-23(32)29-20-11-17-10-18(25)7-6-15(17)12-27-20/h3-7,10-12,14H,8-9,13H2,1-2H3,(H,28,31)(H,27,29,32). The molecule has 0 fully saturated rings. The van der Waals surface area contributed by atoms with Gasteiger partial charge in [0.2, 0.25) is 0 Å². The molecule has 0 atom stereocenters. The molecular formula is C23H23ClF2N4O3. The quantitative estimate of drug-likeness (QED) is 0.482. The van der Waals surface area contributed by atoms with Gasteiger partial charge in [-0.15, -0.1) is 0 Å². The van der Waals surface area contributed by atoms with Gasteiger partial charge in [-0.25, -0.2) is 23.4 Å². The van der Waals surface area contributed by atoms with Crippen LogP contribution in [-0.2, 0) is 11.3 Å². The Morgan fingerprint density at radius 2 is 1.94 bits per heavy atom. The predicted octanol–water partition coefficient (Wildman–Crippen LogP) is 5.34. The van der Waals surface area contributed by atoms with E-state index < -0.39 is 23.8 Å². The number of urea groups is 1. The van der Waals surface area contributed by atoms with E-state index in [1.165, 1.54) is 41.4 Å². The first kappa shape index (κ1) is 24.2. The van der Waals surface area contributed by atoms with E-state index in [4.69, 9.17) is 16.3 Å². The average Bonchev–Trinajstić information content (AvgIpc) is 2.77. The van der Waals surface area contributed by atoms with E-state index >= 15 is 0 Å². The molecule has 0 spiro atoms. The van der Waals surface area contributed by atoms with Crippen LogP contribution >= 0.6 is 11.6 Å². The van der Waals surface area contributed by atoms with Gasteiger partial charge in [0.25, 0.3) is 0 Å². The molecule has 1 heterocycles. The first-order valence-corrected chi connectivity index (χ1v) is 10.6. The van der Waals surface area contributed by atoms with E-state index in [0.717, 1.165) is 5.39 Å². The third-order valence-corrected chi connectivity index (χ3v) is 5.25. The summed E-state index contributed by atoms with van der Waals surface area (Å²) in [7, 11) is 0. The number of nitrogens with zero attached hydrogens (tertiary/aromatic N) is 2.